The van der Waals surface area contributed by atoms with Gasteiger partial charge in [-0.05, 0) is 35.9 Å². The van der Waals surface area contributed by atoms with Crippen LogP contribution >= 0.6 is 0 Å². The first kappa shape index (κ1) is 15.2. The first-order valence-corrected chi connectivity index (χ1v) is 8.12. The molecule has 0 fully saturated rings. The second kappa shape index (κ2) is 6.29. The van der Waals surface area contributed by atoms with E-state index in [4.69, 9.17) is 4.74 Å². The number of pyridine rings is 1. The van der Waals surface area contributed by atoms with Crippen molar-refractivity contribution in [2.24, 2.45) is 0 Å². The third-order valence-electron chi connectivity index (χ3n) is 4.33. The maximum atomic E-state index is 13.1. The van der Waals surface area contributed by atoms with Gasteiger partial charge in [-0.25, -0.2) is 0 Å². The van der Waals surface area contributed by atoms with Gasteiger partial charge < -0.3 is 9.30 Å². The standard InChI is InChI=1S/C22H17NO2/c1-25-18-12-13-21-19(14-18)22(24)20(16-8-4-2-5-9-16)15-23(21)17-10-6-3-7-11-17/h2-15H,1H3. The number of hydrogen-bond donors (Lipinski definition) is 0. The van der Waals surface area contributed by atoms with E-state index >= 15 is 0 Å². The predicted octanol–water partition coefficient (Wildman–Crippen LogP) is 4.67. The normalized spacial score (nSPS) is 10.8. The third kappa shape index (κ3) is 2.70. The van der Waals surface area contributed by atoms with Crippen LogP contribution in [0.5, 0.6) is 5.75 Å². The Hall–Kier alpha value is -3.33. The summed E-state index contributed by atoms with van der Waals surface area (Å²) in [7, 11) is 1.61. The molecular weight excluding hydrogens is 310 g/mol. The highest BCUT2D eigenvalue weighted by atomic mass is 16.5. The number of ether oxygens (including phenoxy) is 1. The second-order valence-electron chi connectivity index (χ2n) is 5.83. The van der Waals surface area contributed by atoms with Crippen molar-refractivity contribution in [3.05, 3.63) is 95.3 Å². The molecule has 0 aliphatic rings. The largest absolute Gasteiger partial charge is 0.497 e. The van der Waals surface area contributed by atoms with Crippen molar-refractivity contribution in [2.75, 3.05) is 7.11 Å². The van der Waals surface area contributed by atoms with Gasteiger partial charge in [0.2, 0.25) is 0 Å². The van der Waals surface area contributed by atoms with E-state index in [1.165, 1.54) is 0 Å². The van der Waals surface area contributed by atoms with Crippen molar-refractivity contribution in [1.82, 2.24) is 4.57 Å². The SMILES string of the molecule is COc1ccc2c(c1)c(=O)c(-c1ccccc1)cn2-c1ccccc1. The van der Waals surface area contributed by atoms with Crippen molar-refractivity contribution in [3.8, 4) is 22.6 Å². The lowest BCUT2D eigenvalue weighted by Gasteiger charge is -2.14. The van der Waals surface area contributed by atoms with E-state index in [2.05, 4.69) is 4.57 Å². The molecule has 4 rings (SSSR count). The summed E-state index contributed by atoms with van der Waals surface area (Å²) in [5, 5.41) is 0.643. The van der Waals surface area contributed by atoms with Crippen LogP contribution in [0.2, 0.25) is 0 Å². The summed E-state index contributed by atoms with van der Waals surface area (Å²) in [5.74, 6) is 0.675. The fourth-order valence-corrected chi connectivity index (χ4v) is 3.06. The molecule has 0 atom stereocenters. The van der Waals surface area contributed by atoms with Gasteiger partial charge in [-0.1, -0.05) is 48.5 Å². The monoisotopic (exact) mass is 327 g/mol. The molecule has 1 heterocycles. The molecular formula is C22H17NO2. The number of benzene rings is 3. The highest BCUT2D eigenvalue weighted by Gasteiger charge is 2.12. The maximum Gasteiger partial charge on any atom is 0.197 e. The molecule has 0 aliphatic heterocycles. The summed E-state index contributed by atoms with van der Waals surface area (Å²) in [6, 6.07) is 25.4. The first-order chi connectivity index (χ1) is 12.3. The zero-order chi connectivity index (χ0) is 17.2. The van der Waals surface area contributed by atoms with Crippen LogP contribution in [-0.2, 0) is 0 Å². The number of hydrogen-bond acceptors (Lipinski definition) is 2. The summed E-state index contributed by atoms with van der Waals surface area (Å²) in [4.78, 5) is 13.1. The Balaban J connectivity index is 2.10. The molecule has 0 unspecified atom stereocenters. The van der Waals surface area contributed by atoms with Crippen molar-refractivity contribution >= 4 is 10.9 Å². The number of fused-ring (bicyclic) bond motifs is 1. The highest BCUT2D eigenvalue weighted by molar-refractivity contribution is 5.86. The molecule has 122 valence electrons. The van der Waals surface area contributed by atoms with Crippen LogP contribution in [0.1, 0.15) is 0 Å². The zero-order valence-corrected chi connectivity index (χ0v) is 13.8. The number of methoxy groups -OCH3 is 1. The summed E-state index contributed by atoms with van der Waals surface area (Å²) in [6.07, 6.45) is 1.92. The fourth-order valence-electron chi connectivity index (χ4n) is 3.06. The van der Waals surface area contributed by atoms with E-state index in [0.717, 1.165) is 16.8 Å². The van der Waals surface area contributed by atoms with Crippen molar-refractivity contribution in [3.63, 3.8) is 0 Å². The van der Waals surface area contributed by atoms with Gasteiger partial charge in [0.25, 0.3) is 0 Å². The Morgan fingerprint density at radius 2 is 1.52 bits per heavy atom. The van der Waals surface area contributed by atoms with Gasteiger partial charge in [-0.2, -0.15) is 0 Å². The average molecular weight is 327 g/mol. The topological polar surface area (TPSA) is 31.2 Å². The Morgan fingerprint density at radius 3 is 2.20 bits per heavy atom. The predicted molar refractivity (Wildman–Crippen MR) is 102 cm³/mol. The summed E-state index contributed by atoms with van der Waals surface area (Å²) < 4.78 is 7.37. The van der Waals surface area contributed by atoms with E-state index in [1.807, 2.05) is 85.1 Å². The molecule has 0 saturated heterocycles. The minimum absolute atomic E-state index is 0.00674. The van der Waals surface area contributed by atoms with E-state index in [1.54, 1.807) is 7.11 Å². The quantitative estimate of drug-likeness (QED) is 0.548. The Kier molecular flexibility index (Phi) is 3.82. The van der Waals surface area contributed by atoms with Gasteiger partial charge in [0, 0.05) is 17.4 Å². The Labute approximate surface area is 145 Å². The molecule has 3 aromatic carbocycles. The van der Waals surface area contributed by atoms with Crippen molar-refractivity contribution < 1.29 is 4.74 Å². The molecule has 4 aromatic rings. The number of rotatable bonds is 3. The van der Waals surface area contributed by atoms with Crippen LogP contribution in [0.15, 0.2) is 89.9 Å². The lowest BCUT2D eigenvalue weighted by atomic mass is 10.0. The molecule has 0 bridgehead atoms. The molecule has 0 spiro atoms. The fraction of sp³-hybridized carbons (Fsp3) is 0.0455. The highest BCUT2D eigenvalue weighted by Crippen LogP contribution is 2.25. The van der Waals surface area contributed by atoms with Crippen LogP contribution < -0.4 is 10.2 Å². The average Bonchev–Trinajstić information content (AvgIpc) is 2.69. The number of aromatic nitrogens is 1. The minimum atomic E-state index is 0.00674. The van der Waals surface area contributed by atoms with Crippen LogP contribution in [0, 0.1) is 0 Å². The zero-order valence-electron chi connectivity index (χ0n) is 13.8. The van der Waals surface area contributed by atoms with E-state index < -0.39 is 0 Å². The number of para-hydroxylation sites is 1. The smallest absolute Gasteiger partial charge is 0.197 e. The van der Waals surface area contributed by atoms with E-state index in [0.29, 0.717) is 16.7 Å². The molecule has 0 amide bonds. The van der Waals surface area contributed by atoms with Crippen LogP contribution in [-0.4, -0.2) is 11.7 Å². The lowest BCUT2D eigenvalue weighted by Crippen LogP contribution is -2.11. The lowest BCUT2D eigenvalue weighted by molar-refractivity contribution is 0.415. The molecule has 0 aliphatic carbocycles. The van der Waals surface area contributed by atoms with Crippen molar-refractivity contribution in [2.45, 2.75) is 0 Å². The molecule has 25 heavy (non-hydrogen) atoms. The second-order valence-corrected chi connectivity index (χ2v) is 5.83. The first-order valence-electron chi connectivity index (χ1n) is 8.12. The van der Waals surface area contributed by atoms with E-state index in [9.17, 15) is 4.79 Å². The van der Waals surface area contributed by atoms with Crippen molar-refractivity contribution in [1.29, 1.82) is 0 Å². The Morgan fingerprint density at radius 1 is 0.840 bits per heavy atom. The van der Waals surface area contributed by atoms with Gasteiger partial charge in [0.15, 0.2) is 5.43 Å². The number of nitrogens with zero attached hydrogens (tertiary/aromatic N) is 1. The molecule has 3 nitrogen and oxygen atoms in total. The van der Waals surface area contributed by atoms with E-state index in [-0.39, 0.29) is 5.43 Å². The van der Waals surface area contributed by atoms with Crippen LogP contribution in [0.4, 0.5) is 0 Å². The van der Waals surface area contributed by atoms with Gasteiger partial charge in [-0.3, -0.25) is 4.79 Å². The Bertz CT molecular complexity index is 1080. The van der Waals surface area contributed by atoms with Gasteiger partial charge in [0.05, 0.1) is 18.0 Å². The summed E-state index contributed by atoms with van der Waals surface area (Å²) >= 11 is 0. The molecule has 3 heteroatoms. The van der Waals surface area contributed by atoms with Crippen LogP contribution in [0.3, 0.4) is 0 Å². The summed E-state index contributed by atoms with van der Waals surface area (Å²) in [6.45, 7) is 0. The molecule has 0 N–H and O–H groups in total. The van der Waals surface area contributed by atoms with Crippen LogP contribution in [0.25, 0.3) is 27.7 Å². The maximum absolute atomic E-state index is 13.1. The van der Waals surface area contributed by atoms with Gasteiger partial charge in [0.1, 0.15) is 5.75 Å². The molecule has 0 radical (unpaired) electrons. The van der Waals surface area contributed by atoms with Gasteiger partial charge in [-0.15, -0.1) is 0 Å². The molecule has 1 aromatic heterocycles. The van der Waals surface area contributed by atoms with Gasteiger partial charge >= 0.3 is 0 Å². The third-order valence-corrected chi connectivity index (χ3v) is 4.33. The summed E-state index contributed by atoms with van der Waals surface area (Å²) in [5.41, 5.74) is 3.45. The minimum Gasteiger partial charge on any atom is -0.497 e. The molecule has 0 saturated carbocycles.